The minimum atomic E-state index is 0.118. The molecule has 118 valence electrons. The van der Waals surface area contributed by atoms with Crippen LogP contribution in [0.15, 0.2) is 0 Å². The summed E-state index contributed by atoms with van der Waals surface area (Å²) in [5.41, 5.74) is 7.78. The smallest absolute Gasteiger partial charge is 0.137 e. The van der Waals surface area contributed by atoms with E-state index in [4.69, 9.17) is 11.1 Å². The molecule has 21 heavy (non-hydrogen) atoms. The number of nitrogens with one attached hydrogen (secondary N) is 1. The van der Waals surface area contributed by atoms with Gasteiger partial charge >= 0.3 is 0 Å². The largest absolute Gasteiger partial charge is 0.384 e. The maximum Gasteiger partial charge on any atom is 0.137 e. The topological polar surface area (TPSA) is 70.9 Å². The molecule has 5 heteroatoms. The van der Waals surface area contributed by atoms with Crippen LogP contribution < -0.4 is 10.6 Å². The van der Waals surface area contributed by atoms with Gasteiger partial charge in [-0.25, -0.2) is 0 Å². The number of aromatic nitrogens is 2. The van der Waals surface area contributed by atoms with Gasteiger partial charge in [0.2, 0.25) is 0 Å². The van der Waals surface area contributed by atoms with Crippen LogP contribution in [0.25, 0.3) is 0 Å². The van der Waals surface area contributed by atoms with Crippen LogP contribution in [-0.4, -0.2) is 28.7 Å². The normalized spacial score (nSPS) is 20.4. The molecule has 1 aliphatic heterocycles. The molecule has 1 saturated heterocycles. The molecule has 3 N–H and O–H groups in total. The molecular weight excluding hydrogens is 262 g/mol. The number of rotatable bonds is 2. The van der Waals surface area contributed by atoms with Gasteiger partial charge in [0.15, 0.2) is 0 Å². The van der Waals surface area contributed by atoms with Crippen LogP contribution in [0.5, 0.6) is 0 Å². The summed E-state index contributed by atoms with van der Waals surface area (Å²) in [5, 5.41) is 12.3. The first kappa shape index (κ1) is 15.9. The number of nitrogens with two attached hydrogens (primary N) is 1. The Hall–Kier alpha value is -1.52. The second-order valence-corrected chi connectivity index (χ2v) is 7.30. The zero-order chi connectivity index (χ0) is 15.8. The molecule has 5 nitrogen and oxygen atoms in total. The molecule has 0 saturated carbocycles. The Kier molecular flexibility index (Phi) is 4.30. The van der Waals surface area contributed by atoms with Gasteiger partial charge < -0.3 is 10.6 Å². The Bertz CT molecular complexity index is 524. The number of nitrogens with zero attached hydrogens (tertiary/aromatic N) is 3. The molecule has 0 spiro atoms. The Morgan fingerprint density at radius 3 is 2.52 bits per heavy atom. The first-order valence-electron chi connectivity index (χ1n) is 7.84. The van der Waals surface area contributed by atoms with Gasteiger partial charge in [0, 0.05) is 20.1 Å². The fourth-order valence-corrected chi connectivity index (χ4v) is 3.50. The van der Waals surface area contributed by atoms with E-state index < -0.39 is 0 Å². The molecule has 2 rings (SSSR count). The number of hydrogen-bond donors (Lipinski definition) is 2. The molecule has 0 radical (unpaired) electrons. The van der Waals surface area contributed by atoms with Crippen molar-refractivity contribution in [3.63, 3.8) is 0 Å². The summed E-state index contributed by atoms with van der Waals surface area (Å²) in [6.45, 7) is 11.0. The summed E-state index contributed by atoms with van der Waals surface area (Å²) in [5.74, 6) is 1.87. The fraction of sp³-hybridized carbons (Fsp3) is 0.750. The van der Waals surface area contributed by atoms with Gasteiger partial charge in [-0.05, 0) is 37.5 Å². The highest BCUT2D eigenvalue weighted by molar-refractivity contribution is 6.00. The fourth-order valence-electron chi connectivity index (χ4n) is 3.50. The lowest BCUT2D eigenvalue weighted by atomic mass is 9.77. The van der Waals surface area contributed by atoms with E-state index in [0.717, 1.165) is 36.1 Å². The third-order valence-electron chi connectivity index (χ3n) is 4.71. The maximum atomic E-state index is 7.84. The zero-order valence-corrected chi connectivity index (χ0v) is 14.0. The van der Waals surface area contributed by atoms with Gasteiger partial charge in [0.05, 0.1) is 11.3 Å². The van der Waals surface area contributed by atoms with Crippen molar-refractivity contribution in [3.8, 4) is 0 Å². The number of aryl methyl sites for hydroxylation is 2. The Morgan fingerprint density at radius 2 is 1.95 bits per heavy atom. The summed E-state index contributed by atoms with van der Waals surface area (Å²) in [6.07, 6.45) is 3.64. The van der Waals surface area contributed by atoms with Crippen LogP contribution in [0.4, 0.5) is 5.82 Å². The molecule has 0 bridgehead atoms. The molecule has 1 unspecified atom stereocenters. The van der Waals surface area contributed by atoms with E-state index in [1.165, 1.54) is 19.3 Å². The van der Waals surface area contributed by atoms with E-state index in [1.807, 2.05) is 18.7 Å². The third kappa shape index (κ3) is 3.22. The SMILES string of the molecule is Cc1nn(C)c(N2CCCC(C(C)(C)C)CC2)c1C(=N)N. The van der Waals surface area contributed by atoms with Crippen molar-refractivity contribution >= 4 is 11.7 Å². The molecule has 1 aromatic rings. The third-order valence-corrected chi connectivity index (χ3v) is 4.71. The molecular formula is C16H29N5. The molecule has 1 aliphatic rings. The van der Waals surface area contributed by atoms with E-state index in [0.29, 0.717) is 5.41 Å². The summed E-state index contributed by atoms with van der Waals surface area (Å²) >= 11 is 0. The predicted octanol–water partition coefficient (Wildman–Crippen LogP) is 2.67. The maximum absolute atomic E-state index is 7.84. The van der Waals surface area contributed by atoms with E-state index in [9.17, 15) is 0 Å². The first-order chi connectivity index (χ1) is 9.71. The highest BCUT2D eigenvalue weighted by Gasteiger charge is 2.29. The van der Waals surface area contributed by atoms with Crippen molar-refractivity contribution in [2.45, 2.75) is 47.0 Å². The van der Waals surface area contributed by atoms with Gasteiger partial charge in [-0.2, -0.15) is 5.10 Å². The van der Waals surface area contributed by atoms with Crippen LogP contribution in [0.3, 0.4) is 0 Å². The number of nitrogen functional groups attached to an aromatic ring is 1. The first-order valence-corrected chi connectivity index (χ1v) is 7.84. The summed E-state index contributed by atoms with van der Waals surface area (Å²) < 4.78 is 1.88. The minimum Gasteiger partial charge on any atom is -0.384 e. The van der Waals surface area contributed by atoms with Crippen LogP contribution in [0.1, 0.15) is 51.3 Å². The lowest BCUT2D eigenvalue weighted by Gasteiger charge is -2.30. The highest BCUT2D eigenvalue weighted by atomic mass is 15.4. The van der Waals surface area contributed by atoms with Crippen LogP contribution >= 0.6 is 0 Å². The molecule has 0 amide bonds. The van der Waals surface area contributed by atoms with Crippen molar-refractivity contribution in [2.24, 2.45) is 24.1 Å². The van der Waals surface area contributed by atoms with Gasteiger partial charge in [-0.1, -0.05) is 20.8 Å². The van der Waals surface area contributed by atoms with E-state index >= 15 is 0 Å². The Balaban J connectivity index is 2.26. The number of amidine groups is 1. The number of anilines is 1. The molecule has 1 atom stereocenters. The summed E-state index contributed by atoms with van der Waals surface area (Å²) in [7, 11) is 1.95. The Morgan fingerprint density at radius 1 is 1.29 bits per heavy atom. The average Bonchev–Trinajstić information content (AvgIpc) is 2.54. The zero-order valence-electron chi connectivity index (χ0n) is 14.0. The van der Waals surface area contributed by atoms with Gasteiger partial charge in [-0.3, -0.25) is 10.1 Å². The van der Waals surface area contributed by atoms with Gasteiger partial charge in [-0.15, -0.1) is 0 Å². The minimum absolute atomic E-state index is 0.118. The lowest BCUT2D eigenvalue weighted by molar-refractivity contribution is 0.220. The van der Waals surface area contributed by atoms with Crippen molar-refractivity contribution in [1.82, 2.24) is 9.78 Å². The summed E-state index contributed by atoms with van der Waals surface area (Å²) in [6, 6.07) is 0. The second kappa shape index (κ2) is 5.70. The molecule has 0 aromatic carbocycles. The van der Waals surface area contributed by atoms with E-state index in [2.05, 4.69) is 30.8 Å². The molecule has 2 heterocycles. The van der Waals surface area contributed by atoms with Crippen molar-refractivity contribution < 1.29 is 0 Å². The number of hydrogen-bond acceptors (Lipinski definition) is 3. The van der Waals surface area contributed by atoms with Crippen molar-refractivity contribution in [2.75, 3.05) is 18.0 Å². The lowest BCUT2D eigenvalue weighted by Crippen LogP contribution is -2.30. The van der Waals surface area contributed by atoms with Crippen LogP contribution in [-0.2, 0) is 7.05 Å². The summed E-state index contributed by atoms with van der Waals surface area (Å²) in [4.78, 5) is 2.36. The Labute approximate surface area is 128 Å². The average molecular weight is 291 g/mol. The van der Waals surface area contributed by atoms with Crippen molar-refractivity contribution in [3.05, 3.63) is 11.3 Å². The van der Waals surface area contributed by atoms with Crippen LogP contribution in [0.2, 0.25) is 0 Å². The predicted molar refractivity (Wildman–Crippen MR) is 88.0 cm³/mol. The highest BCUT2D eigenvalue weighted by Crippen LogP contribution is 2.35. The monoisotopic (exact) mass is 291 g/mol. The quantitative estimate of drug-likeness (QED) is 0.650. The van der Waals surface area contributed by atoms with Gasteiger partial charge in [0.25, 0.3) is 0 Å². The molecule has 0 aliphatic carbocycles. The molecule has 1 fully saturated rings. The van der Waals surface area contributed by atoms with Crippen molar-refractivity contribution in [1.29, 1.82) is 5.41 Å². The molecule has 1 aromatic heterocycles. The van der Waals surface area contributed by atoms with E-state index in [1.54, 1.807) is 0 Å². The second-order valence-electron chi connectivity index (χ2n) is 7.30. The van der Waals surface area contributed by atoms with Gasteiger partial charge in [0.1, 0.15) is 11.7 Å². The van der Waals surface area contributed by atoms with Crippen LogP contribution in [0, 0.1) is 23.7 Å². The van der Waals surface area contributed by atoms with E-state index in [-0.39, 0.29) is 5.84 Å². The standard InChI is InChI=1S/C16H29N5/c1-11-13(14(17)18)15(20(5)19-11)21-9-6-7-12(8-10-21)16(2,3)4/h12H,6-10H2,1-5H3,(H3,17,18).